The summed E-state index contributed by atoms with van der Waals surface area (Å²) in [6, 6.07) is 8.23. The molecule has 2 unspecified atom stereocenters. The van der Waals surface area contributed by atoms with Crippen molar-refractivity contribution in [1.82, 2.24) is 25.2 Å². The van der Waals surface area contributed by atoms with Crippen LogP contribution in [-0.4, -0.2) is 82.5 Å². The predicted molar refractivity (Wildman–Crippen MR) is 175 cm³/mol. The summed E-state index contributed by atoms with van der Waals surface area (Å²) >= 11 is 0. The third kappa shape index (κ3) is 5.94. The van der Waals surface area contributed by atoms with Gasteiger partial charge in [-0.25, -0.2) is 14.7 Å². The molecular formula is C34H43F2N7O3. The van der Waals surface area contributed by atoms with E-state index in [1.54, 1.807) is 18.3 Å². The second kappa shape index (κ2) is 13.6. The van der Waals surface area contributed by atoms with Crippen LogP contribution in [0, 0.1) is 11.6 Å². The maximum absolute atomic E-state index is 16.5. The van der Waals surface area contributed by atoms with Crippen LogP contribution < -0.4 is 20.9 Å². The standard InChI is InChI=1S/C31H32F2N6O2.C2H6.CH5NO/c32-24-5-1-4-18-12-21(40)13-22(25(18)24)27-26(33)28-23(14-34-27)29(38-15-19-6-7-20(16-38)35-19)37-30(36-28)41-17-31-8-2-10-39(31)11-3-9-31;1-2;1-3-2/h1,4-5,12-14,19-20,35,40H,2-3,6-11,15-17H2;1-2H3;2H2,1H3. The molecule has 0 aliphatic carbocycles. The number of ether oxygens (including phenoxy) is 1. The van der Waals surface area contributed by atoms with Crippen molar-refractivity contribution >= 4 is 27.5 Å². The first kappa shape index (κ1) is 32.2. The lowest BCUT2D eigenvalue weighted by molar-refractivity contribution is 0.108. The molecule has 8 rings (SSSR count). The quantitative estimate of drug-likeness (QED) is 0.249. The van der Waals surface area contributed by atoms with E-state index >= 15 is 8.78 Å². The molecule has 0 spiro atoms. The Hall–Kier alpha value is -3.71. The van der Waals surface area contributed by atoms with Gasteiger partial charge < -0.3 is 24.9 Å². The Morgan fingerprint density at radius 2 is 1.76 bits per heavy atom. The van der Waals surface area contributed by atoms with Crippen LogP contribution in [0.15, 0.2) is 36.5 Å². The normalized spacial score (nSPS) is 21.5. The van der Waals surface area contributed by atoms with Crippen LogP contribution in [0.5, 0.6) is 11.8 Å². The average Bonchev–Trinajstić information content (AvgIpc) is 3.74. The van der Waals surface area contributed by atoms with Crippen LogP contribution in [0.1, 0.15) is 52.4 Å². The van der Waals surface area contributed by atoms with Crippen LogP contribution >= 0.6 is 0 Å². The van der Waals surface area contributed by atoms with Gasteiger partial charge in [-0.05, 0) is 75.2 Å². The summed E-state index contributed by atoms with van der Waals surface area (Å²) in [4.78, 5) is 22.4. The van der Waals surface area contributed by atoms with Gasteiger partial charge in [0.15, 0.2) is 5.82 Å². The van der Waals surface area contributed by atoms with Crippen molar-refractivity contribution in [1.29, 1.82) is 0 Å². The molecule has 4 N–H and O–H groups in total. The highest BCUT2D eigenvalue weighted by molar-refractivity contribution is 6.00. The molecule has 0 amide bonds. The molecule has 0 radical (unpaired) electrons. The van der Waals surface area contributed by atoms with E-state index in [1.807, 2.05) is 13.8 Å². The maximum Gasteiger partial charge on any atom is 0.319 e. The topological polar surface area (TPSA) is 122 Å². The number of nitrogens with zero attached hydrogens (tertiary/aromatic N) is 5. The molecule has 4 saturated heterocycles. The number of phenols is 1. The van der Waals surface area contributed by atoms with Gasteiger partial charge in [0.2, 0.25) is 0 Å². The van der Waals surface area contributed by atoms with Crippen molar-refractivity contribution in [2.24, 2.45) is 5.90 Å². The Labute approximate surface area is 267 Å². The highest BCUT2D eigenvalue weighted by atomic mass is 19.1. The number of aromatic nitrogens is 3. The number of nitrogens with one attached hydrogen (secondary N) is 1. The van der Waals surface area contributed by atoms with E-state index in [1.165, 1.54) is 25.3 Å². The Morgan fingerprint density at radius 3 is 2.46 bits per heavy atom. The number of halogens is 2. The van der Waals surface area contributed by atoms with Crippen molar-refractivity contribution in [3.8, 4) is 23.0 Å². The first-order valence-corrected chi connectivity index (χ1v) is 16.3. The fourth-order valence-corrected chi connectivity index (χ4v) is 7.70. The first-order valence-electron chi connectivity index (χ1n) is 16.3. The van der Waals surface area contributed by atoms with Crippen molar-refractivity contribution < 1.29 is 23.5 Å². The zero-order valence-electron chi connectivity index (χ0n) is 26.7. The molecule has 4 aliphatic rings. The minimum atomic E-state index is -0.689. The molecular weight excluding hydrogens is 592 g/mol. The van der Waals surface area contributed by atoms with E-state index < -0.39 is 11.6 Å². The van der Waals surface area contributed by atoms with Crippen molar-refractivity contribution in [3.63, 3.8) is 0 Å². The number of rotatable bonds is 5. The van der Waals surface area contributed by atoms with E-state index in [9.17, 15) is 5.11 Å². The molecule has 2 aromatic heterocycles. The number of fused-ring (bicyclic) bond motifs is 5. The van der Waals surface area contributed by atoms with Crippen LogP contribution in [0.3, 0.4) is 0 Å². The smallest absolute Gasteiger partial charge is 0.319 e. The fraction of sp³-hybridized carbons (Fsp3) is 0.500. The molecule has 2 atom stereocenters. The SMILES string of the molecule is CC.CON.Oc1cc(-c2ncc3c(N4CC5CCC(C4)N5)nc(OCC45CCCN4CCC5)nc3c2F)c2c(F)cccc2c1. The van der Waals surface area contributed by atoms with Gasteiger partial charge in [0.25, 0.3) is 0 Å². The van der Waals surface area contributed by atoms with E-state index in [-0.39, 0.29) is 39.5 Å². The number of hydrogen-bond acceptors (Lipinski definition) is 10. The molecule has 4 fully saturated rings. The number of benzene rings is 2. The molecule has 10 nitrogen and oxygen atoms in total. The second-order valence-corrected chi connectivity index (χ2v) is 12.3. The van der Waals surface area contributed by atoms with Gasteiger partial charge in [-0.15, -0.1) is 0 Å². The maximum atomic E-state index is 16.5. The Morgan fingerprint density at radius 1 is 1.07 bits per heavy atom. The summed E-state index contributed by atoms with van der Waals surface area (Å²) in [5.41, 5.74) is 0.176. The highest BCUT2D eigenvalue weighted by Crippen LogP contribution is 2.41. The zero-order valence-corrected chi connectivity index (χ0v) is 26.7. The van der Waals surface area contributed by atoms with Crippen LogP contribution in [0.2, 0.25) is 0 Å². The van der Waals surface area contributed by atoms with Crippen LogP contribution in [0.4, 0.5) is 14.6 Å². The first-order chi connectivity index (χ1) is 22.4. The summed E-state index contributed by atoms with van der Waals surface area (Å²) in [7, 11) is 1.40. The number of anilines is 1. The summed E-state index contributed by atoms with van der Waals surface area (Å²) in [5, 5.41) is 15.2. The Kier molecular flexibility index (Phi) is 9.51. The number of piperazine rings is 1. The monoisotopic (exact) mass is 635 g/mol. The minimum absolute atomic E-state index is 0.00735. The third-order valence-corrected chi connectivity index (χ3v) is 9.61. The fourth-order valence-electron chi connectivity index (χ4n) is 7.70. The largest absolute Gasteiger partial charge is 0.508 e. The van der Waals surface area contributed by atoms with E-state index in [2.05, 4.69) is 35.8 Å². The van der Waals surface area contributed by atoms with Gasteiger partial charge in [0.1, 0.15) is 35.2 Å². The van der Waals surface area contributed by atoms with Gasteiger partial charge in [-0.3, -0.25) is 9.88 Å². The Bertz CT molecular complexity index is 1690. The van der Waals surface area contributed by atoms with Crippen molar-refractivity contribution in [2.45, 2.75) is 70.0 Å². The second-order valence-electron chi connectivity index (χ2n) is 12.3. The molecule has 6 heterocycles. The molecule has 4 aromatic rings. The van der Waals surface area contributed by atoms with Gasteiger partial charge in [0.05, 0.1) is 18.0 Å². The summed E-state index contributed by atoms with van der Waals surface area (Å²) in [5.74, 6) is 3.66. The number of nitrogens with two attached hydrogens (primary N) is 1. The van der Waals surface area contributed by atoms with E-state index in [0.717, 1.165) is 64.7 Å². The molecule has 2 aromatic carbocycles. The minimum Gasteiger partial charge on any atom is -0.508 e. The zero-order chi connectivity index (χ0) is 32.4. The van der Waals surface area contributed by atoms with Gasteiger partial charge in [0, 0.05) is 42.3 Å². The molecule has 12 heteroatoms. The van der Waals surface area contributed by atoms with E-state index in [4.69, 9.17) is 9.72 Å². The Balaban J connectivity index is 0.000000704. The van der Waals surface area contributed by atoms with E-state index in [0.29, 0.717) is 35.3 Å². The average molecular weight is 636 g/mol. The molecule has 246 valence electrons. The predicted octanol–water partition coefficient (Wildman–Crippen LogP) is 5.31. The molecule has 46 heavy (non-hydrogen) atoms. The van der Waals surface area contributed by atoms with Gasteiger partial charge >= 0.3 is 6.01 Å². The van der Waals surface area contributed by atoms with Gasteiger partial charge in [-0.2, -0.15) is 9.97 Å². The number of hydrogen-bond donors (Lipinski definition) is 3. The lowest BCUT2D eigenvalue weighted by Gasteiger charge is -2.34. The highest BCUT2D eigenvalue weighted by Gasteiger charge is 2.45. The summed E-state index contributed by atoms with van der Waals surface area (Å²) in [6.45, 7) is 8.13. The van der Waals surface area contributed by atoms with Crippen LogP contribution in [0.25, 0.3) is 32.9 Å². The van der Waals surface area contributed by atoms with Crippen molar-refractivity contribution in [2.75, 3.05) is 44.8 Å². The van der Waals surface area contributed by atoms with Crippen LogP contribution in [-0.2, 0) is 4.84 Å². The number of pyridine rings is 1. The van der Waals surface area contributed by atoms with Crippen molar-refractivity contribution in [3.05, 3.63) is 48.2 Å². The van der Waals surface area contributed by atoms with Gasteiger partial charge in [-0.1, -0.05) is 26.0 Å². The number of aromatic hydroxyl groups is 1. The third-order valence-electron chi connectivity index (χ3n) is 9.61. The molecule has 2 bridgehead atoms. The summed E-state index contributed by atoms with van der Waals surface area (Å²) in [6.07, 6.45) is 8.21. The molecule has 4 aliphatic heterocycles. The number of phenolic OH excluding ortho intramolecular Hbond substituents is 1. The lowest BCUT2D eigenvalue weighted by Crippen LogP contribution is -2.51. The summed E-state index contributed by atoms with van der Waals surface area (Å²) < 4.78 is 37.9. The lowest BCUT2D eigenvalue weighted by atomic mass is 9.95. The molecule has 0 saturated carbocycles.